The van der Waals surface area contributed by atoms with Gasteiger partial charge in [0.05, 0.1) is 0 Å². The van der Waals surface area contributed by atoms with E-state index in [1.165, 1.54) is 12.8 Å². The average Bonchev–Trinajstić information content (AvgIpc) is 3.61. The number of aliphatic hydroxyl groups excluding tert-OH is 4. The number of hydrogen-bond acceptors (Lipinski definition) is 6. The summed E-state index contributed by atoms with van der Waals surface area (Å²) in [4.78, 5) is 0. The molecule has 0 aromatic carbocycles. The van der Waals surface area contributed by atoms with Crippen molar-refractivity contribution in [2.45, 2.75) is 124 Å². The van der Waals surface area contributed by atoms with Gasteiger partial charge in [0.15, 0.2) is 0 Å². The highest BCUT2D eigenvalue weighted by Crippen LogP contribution is 2.32. The monoisotopic (exact) mass is 420 g/mol. The van der Waals surface area contributed by atoms with Crippen molar-refractivity contribution in [1.82, 2.24) is 0 Å². The van der Waals surface area contributed by atoms with E-state index in [1.54, 1.807) is 24.3 Å². The highest BCUT2D eigenvalue weighted by atomic mass is 16.6. The Morgan fingerprint density at radius 2 is 0.828 bits per heavy atom. The van der Waals surface area contributed by atoms with E-state index in [0.29, 0.717) is 0 Å². The summed E-state index contributed by atoms with van der Waals surface area (Å²) in [7, 11) is 0. The molecular formula is C23H48O6. The van der Waals surface area contributed by atoms with Crippen LogP contribution in [0.15, 0.2) is 24.3 Å². The first-order valence-electron chi connectivity index (χ1n) is 10.8. The number of aliphatic hydroxyl groups is 4. The van der Waals surface area contributed by atoms with Crippen molar-refractivity contribution >= 4 is 0 Å². The molecule has 0 bridgehead atoms. The van der Waals surface area contributed by atoms with Crippen LogP contribution in [0.3, 0.4) is 0 Å². The Morgan fingerprint density at radius 1 is 0.586 bits per heavy atom. The Labute approximate surface area is 179 Å². The molecule has 0 spiro atoms. The molecule has 8 atom stereocenters. The van der Waals surface area contributed by atoms with Crippen molar-refractivity contribution in [1.29, 1.82) is 0 Å². The second-order valence-electron chi connectivity index (χ2n) is 6.28. The molecule has 2 aliphatic heterocycles. The number of fused-ring (bicyclic) bond motifs is 2. The van der Waals surface area contributed by atoms with E-state index in [4.69, 9.17) is 29.9 Å². The van der Waals surface area contributed by atoms with Gasteiger partial charge in [-0.25, -0.2) is 0 Å². The van der Waals surface area contributed by atoms with Gasteiger partial charge >= 0.3 is 0 Å². The molecule has 2 saturated heterocycles. The quantitative estimate of drug-likeness (QED) is 0.352. The third-order valence-corrected chi connectivity index (χ3v) is 3.49. The van der Waals surface area contributed by atoms with E-state index < -0.39 is 24.4 Å². The molecule has 4 N–H and O–H groups in total. The Bertz CT molecular complexity index is 374. The summed E-state index contributed by atoms with van der Waals surface area (Å²) in [6, 6.07) is 0. The van der Waals surface area contributed by atoms with Crippen LogP contribution in [0.5, 0.6) is 0 Å². The lowest BCUT2D eigenvalue weighted by molar-refractivity contribution is 0.0287. The average molecular weight is 421 g/mol. The van der Waals surface area contributed by atoms with Crippen molar-refractivity contribution in [2.24, 2.45) is 0 Å². The van der Waals surface area contributed by atoms with Crippen LogP contribution in [0.1, 0.15) is 75.7 Å². The topological polar surface area (TPSA) is 106 Å². The van der Waals surface area contributed by atoms with Crippen LogP contribution < -0.4 is 0 Å². The van der Waals surface area contributed by atoms with Gasteiger partial charge in [-0.05, 0) is 0 Å². The van der Waals surface area contributed by atoms with Crippen molar-refractivity contribution in [2.75, 3.05) is 0 Å². The summed E-state index contributed by atoms with van der Waals surface area (Å²) in [6.07, 6.45) is 6.20. The van der Waals surface area contributed by atoms with Crippen LogP contribution in [0.4, 0.5) is 0 Å². The molecular weight excluding hydrogens is 372 g/mol. The molecule has 0 radical (unpaired) electrons. The molecule has 0 amide bonds. The maximum absolute atomic E-state index is 9.06. The fraction of sp³-hybridized carbons (Fsp3) is 0.826. The summed E-state index contributed by atoms with van der Waals surface area (Å²) in [5.41, 5.74) is 0. The number of hydrogen-bond donors (Lipinski definition) is 4. The normalized spacial score (nSPS) is 35.7. The van der Waals surface area contributed by atoms with Crippen molar-refractivity contribution in [3.8, 4) is 0 Å². The first-order chi connectivity index (χ1) is 13.4. The maximum atomic E-state index is 9.06. The second kappa shape index (κ2) is 19.2. The molecule has 0 saturated carbocycles. The van der Waals surface area contributed by atoms with Gasteiger partial charge in [-0.1, -0.05) is 100.0 Å². The summed E-state index contributed by atoms with van der Waals surface area (Å²) < 4.78 is 9.93. The van der Waals surface area contributed by atoms with E-state index >= 15 is 0 Å². The third kappa shape index (κ3) is 12.5. The van der Waals surface area contributed by atoms with Gasteiger partial charge in [0.25, 0.3) is 0 Å². The van der Waals surface area contributed by atoms with E-state index in [1.807, 2.05) is 27.7 Å². The minimum absolute atomic E-state index is 0. The van der Waals surface area contributed by atoms with E-state index in [9.17, 15) is 0 Å². The van der Waals surface area contributed by atoms with Crippen molar-refractivity contribution < 1.29 is 29.9 Å². The molecule has 29 heavy (non-hydrogen) atoms. The molecule has 0 aromatic heterocycles. The Hall–Kier alpha value is -0.760. The molecule has 3 unspecified atom stereocenters. The Morgan fingerprint density at radius 3 is 1.03 bits per heavy atom. The fourth-order valence-corrected chi connectivity index (χ4v) is 2.19. The number of epoxide rings is 2. The molecule has 2 fully saturated rings. The summed E-state index contributed by atoms with van der Waals surface area (Å²) >= 11 is 0. The Kier molecular flexibility index (Phi) is 21.8. The zero-order chi connectivity index (χ0) is 22.3. The molecule has 4 rings (SSSR count). The lowest BCUT2D eigenvalue weighted by Crippen LogP contribution is -2.32. The molecule has 2 aliphatic carbocycles. The lowest BCUT2D eigenvalue weighted by atomic mass is 10.0. The van der Waals surface area contributed by atoms with E-state index in [-0.39, 0.29) is 31.8 Å². The van der Waals surface area contributed by atoms with Crippen LogP contribution in [0.2, 0.25) is 0 Å². The fourth-order valence-electron chi connectivity index (χ4n) is 2.19. The van der Waals surface area contributed by atoms with Crippen LogP contribution in [-0.4, -0.2) is 69.3 Å². The first kappa shape index (κ1) is 32.9. The Balaban J connectivity index is -0.000000319. The van der Waals surface area contributed by atoms with Crippen LogP contribution in [0.25, 0.3) is 0 Å². The van der Waals surface area contributed by atoms with Crippen molar-refractivity contribution in [3.63, 3.8) is 0 Å². The zero-order valence-electron chi connectivity index (χ0n) is 18.9. The van der Waals surface area contributed by atoms with Gasteiger partial charge in [-0.2, -0.15) is 0 Å². The van der Waals surface area contributed by atoms with Gasteiger partial charge < -0.3 is 29.9 Å². The first-order valence-corrected chi connectivity index (χ1v) is 10.8. The smallest absolute Gasteiger partial charge is 0.117 e. The lowest BCUT2D eigenvalue weighted by Gasteiger charge is -2.13. The van der Waals surface area contributed by atoms with Gasteiger partial charge in [-0.3, -0.25) is 0 Å². The number of rotatable bonds is 0. The number of ether oxygens (including phenoxy) is 2. The van der Waals surface area contributed by atoms with E-state index in [0.717, 1.165) is 0 Å². The molecule has 2 heterocycles. The molecule has 6 heteroatoms. The summed E-state index contributed by atoms with van der Waals surface area (Å²) in [5.74, 6) is 0. The van der Waals surface area contributed by atoms with Gasteiger partial charge in [0, 0.05) is 0 Å². The maximum Gasteiger partial charge on any atom is 0.117 e. The summed E-state index contributed by atoms with van der Waals surface area (Å²) in [5, 5.41) is 36.0. The zero-order valence-corrected chi connectivity index (χ0v) is 18.9. The molecule has 4 aliphatic rings. The molecule has 0 aromatic rings. The SMILES string of the molecule is C.CC.CC.CCC.CCC.O[C@@H]1C2OC2C=C[C@@H]1O.O[C@@H]1[C@H](O)C=CC2O[C@H]21. The van der Waals surface area contributed by atoms with Crippen LogP contribution >= 0.6 is 0 Å². The second-order valence-corrected chi connectivity index (χ2v) is 6.28. The predicted molar refractivity (Wildman–Crippen MR) is 121 cm³/mol. The minimum atomic E-state index is -0.728. The van der Waals surface area contributed by atoms with Crippen molar-refractivity contribution in [3.05, 3.63) is 24.3 Å². The summed E-state index contributed by atoms with van der Waals surface area (Å²) in [6.45, 7) is 16.5. The largest absolute Gasteiger partial charge is 0.387 e. The van der Waals surface area contributed by atoms with Gasteiger partial charge in [-0.15, -0.1) is 0 Å². The molecule has 176 valence electrons. The molecule has 6 nitrogen and oxygen atoms in total. The highest BCUT2D eigenvalue weighted by molar-refractivity contribution is 5.16. The third-order valence-electron chi connectivity index (χ3n) is 3.49. The predicted octanol–water partition coefficient (Wildman–Crippen LogP) is 3.61. The standard InChI is InChI=1S/2C6H8O3.2C3H8.2C2H6.CH4/c2*7-3-1-2-4-6(9-4)5(3)8;2*1-3-2;2*1-2;/h2*1-8H;2*3H2,1-2H3;2*1-2H3;1H4/t3-,4?,5-,6?;3-,4?,5-,6-;;;;;/m01...../s1. The van der Waals surface area contributed by atoms with Gasteiger partial charge in [0.2, 0.25) is 0 Å². The van der Waals surface area contributed by atoms with Crippen LogP contribution in [-0.2, 0) is 9.47 Å². The highest BCUT2D eigenvalue weighted by Gasteiger charge is 2.48. The van der Waals surface area contributed by atoms with Gasteiger partial charge in [0.1, 0.15) is 48.8 Å². The van der Waals surface area contributed by atoms with E-state index in [2.05, 4.69) is 27.7 Å². The minimum Gasteiger partial charge on any atom is -0.387 e. The van der Waals surface area contributed by atoms with Crippen LogP contribution in [0, 0.1) is 0 Å².